The molecule has 1 N–H and O–H groups in total. The number of benzene rings is 1. The minimum atomic E-state index is -0.282. The van der Waals surface area contributed by atoms with Gasteiger partial charge in [0.05, 0.1) is 29.9 Å². The van der Waals surface area contributed by atoms with Crippen LogP contribution < -0.4 is 10.9 Å². The van der Waals surface area contributed by atoms with Crippen molar-refractivity contribution < 1.29 is 13.9 Å². The second-order valence-corrected chi connectivity index (χ2v) is 6.31. The average molecular weight is 353 g/mol. The Kier molecular flexibility index (Phi) is 4.53. The minimum absolute atomic E-state index is 0.0793. The fourth-order valence-electron chi connectivity index (χ4n) is 3.07. The largest absolute Gasteiger partial charge is 0.454 e. The van der Waals surface area contributed by atoms with E-state index >= 15 is 0 Å². The lowest BCUT2D eigenvalue weighted by atomic mass is 10.2. The van der Waals surface area contributed by atoms with Crippen LogP contribution >= 0.6 is 0 Å². The number of amides is 1. The minimum Gasteiger partial charge on any atom is -0.454 e. The molecule has 0 saturated carbocycles. The first-order chi connectivity index (χ1) is 12.7. The Bertz CT molecular complexity index is 986. The average Bonchev–Trinajstić information content (AvgIpc) is 3.34. The van der Waals surface area contributed by atoms with Crippen molar-refractivity contribution in [2.45, 2.75) is 25.5 Å². The molecule has 1 atom stereocenters. The molecule has 1 aliphatic heterocycles. The van der Waals surface area contributed by atoms with Gasteiger partial charge in [-0.15, -0.1) is 0 Å². The predicted molar refractivity (Wildman–Crippen MR) is 95.1 cm³/mol. The molecule has 1 aliphatic rings. The summed E-state index contributed by atoms with van der Waals surface area (Å²) in [6, 6.07) is 10.5. The first-order valence-corrected chi connectivity index (χ1v) is 8.63. The highest BCUT2D eigenvalue weighted by molar-refractivity contribution is 5.91. The molecule has 0 bridgehead atoms. The predicted octanol–water partition coefficient (Wildman–Crippen LogP) is 1.95. The summed E-state index contributed by atoms with van der Waals surface area (Å²) in [6.07, 6.45) is 3.56. The zero-order valence-corrected chi connectivity index (χ0v) is 14.2. The molecule has 1 aromatic carbocycles. The van der Waals surface area contributed by atoms with Gasteiger partial charge in [-0.1, -0.05) is 12.1 Å². The number of rotatable bonds is 5. The smallest absolute Gasteiger partial charge is 0.287 e. The summed E-state index contributed by atoms with van der Waals surface area (Å²) in [5, 5.41) is 3.37. The summed E-state index contributed by atoms with van der Waals surface area (Å²) < 4.78 is 12.5. The van der Waals surface area contributed by atoms with Crippen LogP contribution in [0.15, 0.2) is 51.9 Å². The van der Waals surface area contributed by atoms with Gasteiger partial charge in [0.15, 0.2) is 5.76 Å². The van der Waals surface area contributed by atoms with E-state index in [-0.39, 0.29) is 29.9 Å². The maximum Gasteiger partial charge on any atom is 0.287 e. The highest BCUT2D eigenvalue weighted by atomic mass is 16.5. The van der Waals surface area contributed by atoms with Crippen molar-refractivity contribution in [3.05, 3.63) is 64.6 Å². The van der Waals surface area contributed by atoms with Gasteiger partial charge in [0.1, 0.15) is 5.76 Å². The van der Waals surface area contributed by atoms with Crippen molar-refractivity contribution in [1.82, 2.24) is 14.9 Å². The fraction of sp³-hybridized carbons (Fsp3) is 0.316. The highest BCUT2D eigenvalue weighted by Crippen LogP contribution is 2.13. The van der Waals surface area contributed by atoms with Crippen LogP contribution in [0.2, 0.25) is 0 Å². The number of carbonyl (C=O) groups is 1. The Labute approximate surface area is 149 Å². The van der Waals surface area contributed by atoms with Gasteiger partial charge in [-0.3, -0.25) is 14.2 Å². The number of hydrogen-bond acceptors (Lipinski definition) is 5. The summed E-state index contributed by atoms with van der Waals surface area (Å²) >= 11 is 0. The molecule has 4 rings (SSSR count). The zero-order valence-electron chi connectivity index (χ0n) is 14.2. The fourth-order valence-corrected chi connectivity index (χ4v) is 3.07. The van der Waals surface area contributed by atoms with Gasteiger partial charge in [-0.05, 0) is 37.1 Å². The number of aromatic nitrogens is 2. The second kappa shape index (κ2) is 7.13. The molecule has 3 aromatic rings. The van der Waals surface area contributed by atoms with Crippen molar-refractivity contribution in [3.8, 4) is 0 Å². The number of fused-ring (bicyclic) bond motifs is 1. The number of nitrogens with one attached hydrogen (secondary N) is 1. The number of nitrogens with zero attached hydrogens (tertiary/aromatic N) is 2. The lowest BCUT2D eigenvalue weighted by molar-refractivity contribution is 0.0833. The number of ether oxygens (including phenoxy) is 1. The van der Waals surface area contributed by atoms with E-state index in [0.29, 0.717) is 23.2 Å². The Morgan fingerprint density at radius 3 is 3.00 bits per heavy atom. The molecule has 0 radical (unpaired) electrons. The maximum absolute atomic E-state index is 12.5. The first-order valence-electron chi connectivity index (χ1n) is 8.63. The molecule has 3 heterocycles. The molecule has 26 heavy (non-hydrogen) atoms. The lowest BCUT2D eigenvalue weighted by Gasteiger charge is -2.09. The molecular weight excluding hydrogens is 334 g/mol. The number of carbonyl (C=O) groups excluding carboxylic acids is 1. The summed E-state index contributed by atoms with van der Waals surface area (Å²) in [7, 11) is 0. The van der Waals surface area contributed by atoms with Crippen molar-refractivity contribution >= 4 is 16.8 Å². The molecule has 0 unspecified atom stereocenters. The molecule has 7 nitrogen and oxygen atoms in total. The Hall–Kier alpha value is -2.93. The Balaban J connectivity index is 1.45. The molecule has 1 amide bonds. The normalized spacial score (nSPS) is 16.8. The van der Waals surface area contributed by atoms with Gasteiger partial charge in [-0.25, -0.2) is 4.98 Å². The highest BCUT2D eigenvalue weighted by Gasteiger charge is 2.18. The summed E-state index contributed by atoms with van der Waals surface area (Å²) in [5.41, 5.74) is 0.513. The third-order valence-electron chi connectivity index (χ3n) is 4.46. The van der Waals surface area contributed by atoms with Gasteiger partial charge in [0.25, 0.3) is 11.5 Å². The van der Waals surface area contributed by atoms with Crippen molar-refractivity contribution in [3.63, 3.8) is 0 Å². The summed E-state index contributed by atoms with van der Waals surface area (Å²) in [6.45, 7) is 1.44. The van der Waals surface area contributed by atoms with Gasteiger partial charge in [0.2, 0.25) is 0 Å². The van der Waals surface area contributed by atoms with Crippen LogP contribution in [-0.2, 0) is 11.3 Å². The molecule has 2 aromatic heterocycles. The van der Waals surface area contributed by atoms with Crippen LogP contribution in [-0.4, -0.2) is 34.7 Å². The van der Waals surface area contributed by atoms with Crippen LogP contribution in [0.1, 0.15) is 29.2 Å². The molecule has 0 spiro atoms. The van der Waals surface area contributed by atoms with Crippen LogP contribution in [0.5, 0.6) is 0 Å². The molecule has 1 saturated heterocycles. The zero-order chi connectivity index (χ0) is 17.9. The SMILES string of the molecule is O=C(NC[C@H]1CCCO1)c1ccc(Cn2cnc3ccccc3c2=O)o1. The van der Waals surface area contributed by atoms with Gasteiger partial charge < -0.3 is 14.5 Å². The number of furan rings is 1. The molecular formula is C19H19N3O4. The third-order valence-corrected chi connectivity index (χ3v) is 4.46. The Morgan fingerprint density at radius 1 is 1.27 bits per heavy atom. The molecule has 7 heteroatoms. The van der Waals surface area contributed by atoms with Crippen molar-refractivity contribution in [2.24, 2.45) is 0 Å². The molecule has 134 valence electrons. The van der Waals surface area contributed by atoms with Crippen LogP contribution in [0, 0.1) is 0 Å². The summed E-state index contributed by atoms with van der Waals surface area (Å²) in [5.74, 6) is 0.460. The van der Waals surface area contributed by atoms with E-state index in [9.17, 15) is 9.59 Å². The quantitative estimate of drug-likeness (QED) is 0.758. The van der Waals surface area contributed by atoms with E-state index in [1.54, 1.807) is 30.3 Å². The van der Waals surface area contributed by atoms with E-state index in [1.807, 2.05) is 6.07 Å². The third kappa shape index (κ3) is 3.39. The topological polar surface area (TPSA) is 86.4 Å². The van der Waals surface area contributed by atoms with Gasteiger partial charge in [-0.2, -0.15) is 0 Å². The number of hydrogen-bond donors (Lipinski definition) is 1. The molecule has 0 aliphatic carbocycles. The van der Waals surface area contributed by atoms with E-state index < -0.39 is 0 Å². The van der Waals surface area contributed by atoms with Crippen molar-refractivity contribution in [2.75, 3.05) is 13.2 Å². The van der Waals surface area contributed by atoms with E-state index in [0.717, 1.165) is 19.4 Å². The van der Waals surface area contributed by atoms with E-state index in [1.165, 1.54) is 10.9 Å². The van der Waals surface area contributed by atoms with Gasteiger partial charge >= 0.3 is 0 Å². The van der Waals surface area contributed by atoms with Crippen LogP contribution in [0.4, 0.5) is 0 Å². The van der Waals surface area contributed by atoms with Crippen LogP contribution in [0.25, 0.3) is 10.9 Å². The van der Waals surface area contributed by atoms with Crippen molar-refractivity contribution in [1.29, 1.82) is 0 Å². The standard InChI is InChI=1S/C19H19N3O4/c23-18(20-10-13-4-3-9-25-13)17-8-7-14(26-17)11-22-12-21-16-6-2-1-5-15(16)19(22)24/h1-2,5-8,12-13H,3-4,9-11H2,(H,20,23)/t13-/m1/s1. The second-order valence-electron chi connectivity index (χ2n) is 6.31. The lowest BCUT2D eigenvalue weighted by Crippen LogP contribution is -2.31. The van der Waals surface area contributed by atoms with Gasteiger partial charge in [0, 0.05) is 13.2 Å². The van der Waals surface area contributed by atoms with E-state index in [4.69, 9.17) is 9.15 Å². The van der Waals surface area contributed by atoms with E-state index in [2.05, 4.69) is 10.3 Å². The summed E-state index contributed by atoms with van der Waals surface area (Å²) in [4.78, 5) is 29.0. The Morgan fingerprint density at radius 2 is 2.15 bits per heavy atom. The first kappa shape index (κ1) is 16.5. The monoisotopic (exact) mass is 353 g/mol. The number of para-hydroxylation sites is 1. The molecule has 1 fully saturated rings. The van der Waals surface area contributed by atoms with Crippen LogP contribution in [0.3, 0.4) is 0 Å². The maximum atomic E-state index is 12.5.